The Labute approximate surface area is 166 Å². The van der Waals surface area contributed by atoms with E-state index >= 15 is 0 Å². The Morgan fingerprint density at radius 2 is 2.19 bits per heavy atom. The highest BCUT2D eigenvalue weighted by Crippen LogP contribution is 2.30. The summed E-state index contributed by atoms with van der Waals surface area (Å²) in [6.45, 7) is 1.85. The van der Waals surface area contributed by atoms with Crippen molar-refractivity contribution in [1.29, 1.82) is 0 Å². The molecule has 0 spiro atoms. The Kier molecular flexibility index (Phi) is 7.38. The largest absolute Gasteiger partial charge is 0.477 e. The van der Waals surface area contributed by atoms with Crippen molar-refractivity contribution in [3.05, 3.63) is 68.8 Å². The van der Waals surface area contributed by atoms with Gasteiger partial charge in [0.1, 0.15) is 11.4 Å². The van der Waals surface area contributed by atoms with Gasteiger partial charge < -0.3 is 19.7 Å². The lowest BCUT2D eigenvalue weighted by Gasteiger charge is -2.26. The van der Waals surface area contributed by atoms with Crippen LogP contribution in [0.25, 0.3) is 0 Å². The molecule has 146 valence electrons. The molecule has 2 N–H and O–H groups in total. The van der Waals surface area contributed by atoms with Gasteiger partial charge in [0.05, 0.1) is 17.7 Å². The number of nitrogens with zero attached hydrogens (tertiary/aromatic N) is 1. The van der Waals surface area contributed by atoms with Crippen molar-refractivity contribution in [2.45, 2.75) is 12.6 Å². The minimum absolute atomic E-state index is 0. The lowest BCUT2D eigenvalue weighted by atomic mass is 9.95. The summed E-state index contributed by atoms with van der Waals surface area (Å²) in [7, 11) is 0. The maximum Gasteiger partial charge on any atom is 0.341 e. The molecule has 9 heteroatoms. The number of benzene rings is 1. The zero-order valence-corrected chi connectivity index (χ0v) is 15.8. The van der Waals surface area contributed by atoms with E-state index in [2.05, 4.69) is 5.32 Å². The molecule has 0 aliphatic carbocycles. The number of pyridine rings is 1. The Hall–Kier alpha value is -1.93. The normalized spacial score (nSPS) is 19.8. The van der Waals surface area contributed by atoms with Gasteiger partial charge >= 0.3 is 5.97 Å². The minimum atomic E-state index is -1.27. The van der Waals surface area contributed by atoms with Crippen LogP contribution in [0.1, 0.15) is 22.0 Å². The summed E-state index contributed by atoms with van der Waals surface area (Å²) in [5.74, 6) is -2.00. The molecule has 1 aromatic heterocycles. The Morgan fingerprint density at radius 1 is 1.41 bits per heavy atom. The fourth-order valence-electron chi connectivity index (χ4n) is 3.10. The Balaban J connectivity index is 0.00000261. The van der Waals surface area contributed by atoms with Crippen LogP contribution in [0.15, 0.2) is 41.3 Å². The van der Waals surface area contributed by atoms with E-state index in [9.17, 15) is 14.0 Å². The third-order valence-electron chi connectivity index (χ3n) is 4.36. The molecule has 3 rings (SSSR count). The monoisotopic (exact) mass is 416 g/mol. The lowest BCUT2D eigenvalue weighted by molar-refractivity contribution is 0.0248. The molecule has 2 aromatic rings. The highest BCUT2D eigenvalue weighted by atomic mass is 35.5. The number of aromatic carboxylic acids is 1. The number of hydrogen-bond acceptors (Lipinski definition) is 4. The molecule has 0 amide bonds. The number of rotatable bonds is 4. The molecule has 0 radical (unpaired) electrons. The van der Waals surface area contributed by atoms with Crippen LogP contribution in [0.5, 0.6) is 0 Å². The minimum Gasteiger partial charge on any atom is -0.477 e. The van der Waals surface area contributed by atoms with Crippen molar-refractivity contribution in [3.8, 4) is 0 Å². The third-order valence-corrected chi connectivity index (χ3v) is 4.67. The molecule has 27 heavy (non-hydrogen) atoms. The number of ether oxygens (including phenoxy) is 1. The lowest BCUT2D eigenvalue weighted by Crippen LogP contribution is -2.33. The second kappa shape index (κ2) is 9.32. The highest BCUT2D eigenvalue weighted by Gasteiger charge is 2.28. The van der Waals surface area contributed by atoms with Crippen molar-refractivity contribution >= 4 is 30.0 Å². The van der Waals surface area contributed by atoms with Crippen LogP contribution >= 0.6 is 24.0 Å². The summed E-state index contributed by atoms with van der Waals surface area (Å²) in [6.07, 6.45) is 1.09. The Bertz CT molecular complexity index is 875. The summed E-state index contributed by atoms with van der Waals surface area (Å²) in [5.41, 5.74) is -0.239. The van der Waals surface area contributed by atoms with Crippen molar-refractivity contribution in [1.82, 2.24) is 9.88 Å². The second-order valence-corrected chi connectivity index (χ2v) is 6.52. The van der Waals surface area contributed by atoms with Crippen LogP contribution in [0.3, 0.4) is 0 Å². The summed E-state index contributed by atoms with van der Waals surface area (Å²) in [6, 6.07) is 7.30. The van der Waals surface area contributed by atoms with E-state index in [0.29, 0.717) is 25.3 Å². The zero-order chi connectivity index (χ0) is 18.7. The molecule has 2 atom stereocenters. The number of carboxylic acid groups (broad SMARTS) is 1. The second-order valence-electron chi connectivity index (χ2n) is 6.11. The van der Waals surface area contributed by atoms with Crippen LogP contribution in [0.4, 0.5) is 4.39 Å². The van der Waals surface area contributed by atoms with Gasteiger partial charge in [-0.15, -0.1) is 12.4 Å². The maximum atomic E-state index is 13.9. The first-order valence-corrected chi connectivity index (χ1v) is 8.55. The van der Waals surface area contributed by atoms with Crippen LogP contribution in [0, 0.1) is 11.7 Å². The molecule has 2 heterocycles. The molecule has 1 aromatic carbocycles. The standard InChI is InChI=1S/C18H18ClFN2O4.ClH/c19-14-4-3-11(8-15(14)20)16-12(9-21-5-7-26-16)10-22-6-1-2-13(17(22)23)18(24)25;/h1-4,6,8,12,16,21H,5,7,9-10H2,(H,24,25);1H/t12-,16-;/m0./s1. The van der Waals surface area contributed by atoms with E-state index in [1.165, 1.54) is 28.8 Å². The molecular formula is C18H19Cl2FN2O4. The van der Waals surface area contributed by atoms with Gasteiger partial charge in [0.2, 0.25) is 0 Å². The fraction of sp³-hybridized carbons (Fsp3) is 0.333. The average molecular weight is 417 g/mol. The van der Waals surface area contributed by atoms with E-state index < -0.39 is 23.4 Å². The van der Waals surface area contributed by atoms with E-state index in [4.69, 9.17) is 21.4 Å². The van der Waals surface area contributed by atoms with Crippen molar-refractivity contribution in [2.24, 2.45) is 5.92 Å². The first-order valence-electron chi connectivity index (χ1n) is 8.17. The van der Waals surface area contributed by atoms with Crippen molar-refractivity contribution in [3.63, 3.8) is 0 Å². The molecule has 6 nitrogen and oxygen atoms in total. The zero-order valence-electron chi connectivity index (χ0n) is 14.2. The molecule has 1 saturated heterocycles. The van der Waals surface area contributed by atoms with Crippen LogP contribution < -0.4 is 10.9 Å². The van der Waals surface area contributed by atoms with Gasteiger partial charge in [-0.3, -0.25) is 4.79 Å². The van der Waals surface area contributed by atoms with Gasteiger partial charge in [-0.05, 0) is 29.8 Å². The molecule has 0 unspecified atom stereocenters. The molecule has 0 bridgehead atoms. The number of aromatic nitrogens is 1. The molecular weight excluding hydrogens is 398 g/mol. The topological polar surface area (TPSA) is 80.6 Å². The van der Waals surface area contributed by atoms with Gasteiger partial charge in [-0.2, -0.15) is 0 Å². The molecule has 1 aliphatic heterocycles. The number of halogens is 3. The summed E-state index contributed by atoms with van der Waals surface area (Å²) < 4.78 is 21.1. The van der Waals surface area contributed by atoms with Gasteiger partial charge in [0.25, 0.3) is 5.56 Å². The van der Waals surface area contributed by atoms with Gasteiger partial charge in [-0.25, -0.2) is 9.18 Å². The van der Waals surface area contributed by atoms with E-state index in [0.717, 1.165) is 0 Å². The maximum absolute atomic E-state index is 13.9. The SMILES string of the molecule is Cl.O=C(O)c1cccn(C[C@@H]2CNCCO[C@H]2c2ccc(Cl)c(F)c2)c1=O. The molecule has 1 fully saturated rings. The van der Waals surface area contributed by atoms with Gasteiger partial charge in [-0.1, -0.05) is 17.7 Å². The fourth-order valence-corrected chi connectivity index (χ4v) is 3.22. The first kappa shape index (κ1) is 21.4. The Morgan fingerprint density at radius 3 is 2.89 bits per heavy atom. The number of carboxylic acids is 1. The van der Waals surface area contributed by atoms with Gasteiger partial charge in [0.15, 0.2) is 0 Å². The number of carbonyl (C=O) groups is 1. The third kappa shape index (κ3) is 4.87. The first-order chi connectivity index (χ1) is 12.5. The quantitative estimate of drug-likeness (QED) is 0.800. The summed E-state index contributed by atoms with van der Waals surface area (Å²) in [5, 5.41) is 12.4. The molecule has 0 saturated carbocycles. The van der Waals surface area contributed by atoms with Crippen molar-refractivity contribution < 1.29 is 19.0 Å². The smallest absolute Gasteiger partial charge is 0.341 e. The molecule has 1 aliphatic rings. The van der Waals surface area contributed by atoms with E-state index in [1.54, 1.807) is 12.3 Å². The van der Waals surface area contributed by atoms with Gasteiger partial charge in [0, 0.05) is 31.7 Å². The van der Waals surface area contributed by atoms with E-state index in [1.807, 2.05) is 0 Å². The predicted octanol–water partition coefficient (Wildman–Crippen LogP) is 2.74. The average Bonchev–Trinajstić information content (AvgIpc) is 2.84. The number of nitrogens with one attached hydrogen (secondary N) is 1. The summed E-state index contributed by atoms with van der Waals surface area (Å²) in [4.78, 5) is 23.5. The highest BCUT2D eigenvalue weighted by molar-refractivity contribution is 6.30. The summed E-state index contributed by atoms with van der Waals surface area (Å²) >= 11 is 5.76. The van der Waals surface area contributed by atoms with E-state index in [-0.39, 0.29) is 35.5 Å². The van der Waals surface area contributed by atoms with Crippen LogP contribution in [-0.4, -0.2) is 35.3 Å². The van der Waals surface area contributed by atoms with Crippen molar-refractivity contribution in [2.75, 3.05) is 19.7 Å². The van der Waals surface area contributed by atoms with Crippen LogP contribution in [0.2, 0.25) is 5.02 Å². The van der Waals surface area contributed by atoms with Crippen LogP contribution in [-0.2, 0) is 11.3 Å². The predicted molar refractivity (Wildman–Crippen MR) is 101 cm³/mol. The number of hydrogen-bond donors (Lipinski definition) is 2.